The van der Waals surface area contributed by atoms with Gasteiger partial charge in [0.05, 0.1) is 28.0 Å². The van der Waals surface area contributed by atoms with E-state index in [1.807, 2.05) is 0 Å². The van der Waals surface area contributed by atoms with Crippen molar-refractivity contribution in [3.63, 3.8) is 0 Å². The molecule has 2 N–H and O–H groups in total. The van der Waals surface area contributed by atoms with Gasteiger partial charge in [0.2, 0.25) is 5.91 Å². The highest BCUT2D eigenvalue weighted by atomic mass is 35.5. The second kappa shape index (κ2) is 6.98. The molecule has 7 heteroatoms. The van der Waals surface area contributed by atoms with Crippen LogP contribution in [0.2, 0.25) is 15.1 Å². The van der Waals surface area contributed by atoms with Crippen LogP contribution < -0.4 is 10.6 Å². The fourth-order valence-corrected chi connectivity index (χ4v) is 2.59. The van der Waals surface area contributed by atoms with Gasteiger partial charge in [-0.05, 0) is 24.3 Å². The van der Waals surface area contributed by atoms with Gasteiger partial charge >= 0.3 is 0 Å². The minimum Gasteiger partial charge on any atom is -0.374 e. The van der Waals surface area contributed by atoms with Gasteiger partial charge in [0.15, 0.2) is 0 Å². The van der Waals surface area contributed by atoms with Crippen molar-refractivity contribution in [3.05, 3.63) is 57.3 Å². The van der Waals surface area contributed by atoms with Crippen LogP contribution in [-0.4, -0.2) is 12.5 Å². The second-order valence-corrected chi connectivity index (χ2v) is 5.38. The number of anilines is 2. The van der Waals surface area contributed by atoms with Crippen molar-refractivity contribution in [3.8, 4) is 0 Å². The number of halogens is 4. The smallest absolute Gasteiger partial charge is 0.243 e. The van der Waals surface area contributed by atoms with Crippen LogP contribution in [0.5, 0.6) is 0 Å². The van der Waals surface area contributed by atoms with Crippen LogP contribution in [0.25, 0.3) is 0 Å². The van der Waals surface area contributed by atoms with Crippen molar-refractivity contribution in [2.24, 2.45) is 0 Å². The van der Waals surface area contributed by atoms with Crippen LogP contribution in [0, 0.1) is 5.82 Å². The third kappa shape index (κ3) is 4.24. The Labute approximate surface area is 136 Å². The highest BCUT2D eigenvalue weighted by Crippen LogP contribution is 2.33. The van der Waals surface area contributed by atoms with Gasteiger partial charge in [0.1, 0.15) is 5.82 Å². The lowest BCUT2D eigenvalue weighted by molar-refractivity contribution is -0.114. The largest absolute Gasteiger partial charge is 0.374 e. The Kier molecular flexibility index (Phi) is 5.28. The Morgan fingerprint density at radius 1 is 1.10 bits per heavy atom. The van der Waals surface area contributed by atoms with E-state index < -0.39 is 11.7 Å². The quantitative estimate of drug-likeness (QED) is 0.831. The van der Waals surface area contributed by atoms with Crippen LogP contribution >= 0.6 is 34.8 Å². The topological polar surface area (TPSA) is 41.1 Å². The first-order valence-electron chi connectivity index (χ1n) is 5.90. The Morgan fingerprint density at radius 3 is 2.33 bits per heavy atom. The number of hydrogen-bond donors (Lipinski definition) is 2. The van der Waals surface area contributed by atoms with Crippen molar-refractivity contribution >= 4 is 52.1 Å². The highest BCUT2D eigenvalue weighted by molar-refractivity contribution is 6.41. The Morgan fingerprint density at radius 2 is 1.71 bits per heavy atom. The molecular formula is C14H10Cl3FN2O. The number of hydrogen-bond acceptors (Lipinski definition) is 2. The maximum absolute atomic E-state index is 13.4. The van der Waals surface area contributed by atoms with Crippen LogP contribution in [0.3, 0.4) is 0 Å². The zero-order valence-corrected chi connectivity index (χ0v) is 12.9. The molecule has 0 saturated heterocycles. The molecule has 110 valence electrons. The zero-order chi connectivity index (χ0) is 15.4. The molecule has 0 fully saturated rings. The average molecular weight is 348 g/mol. The molecule has 21 heavy (non-hydrogen) atoms. The number of benzene rings is 2. The first-order chi connectivity index (χ1) is 9.97. The normalized spacial score (nSPS) is 10.3. The van der Waals surface area contributed by atoms with E-state index >= 15 is 0 Å². The molecule has 0 spiro atoms. The predicted octanol–water partition coefficient (Wildman–Crippen LogP) is 4.84. The monoisotopic (exact) mass is 346 g/mol. The first kappa shape index (κ1) is 15.9. The van der Waals surface area contributed by atoms with Crippen molar-refractivity contribution in [1.29, 1.82) is 0 Å². The van der Waals surface area contributed by atoms with Gasteiger partial charge in [-0.2, -0.15) is 0 Å². The highest BCUT2D eigenvalue weighted by Gasteiger charge is 2.10. The molecule has 0 saturated carbocycles. The summed E-state index contributed by atoms with van der Waals surface area (Å²) in [6.45, 7) is -0.116. The molecule has 0 unspecified atom stereocenters. The van der Waals surface area contributed by atoms with Crippen molar-refractivity contribution in [1.82, 2.24) is 0 Å². The summed E-state index contributed by atoms with van der Waals surface area (Å²) in [7, 11) is 0. The lowest BCUT2D eigenvalue weighted by Gasteiger charge is -2.11. The van der Waals surface area contributed by atoms with Crippen LogP contribution in [0.4, 0.5) is 15.8 Å². The van der Waals surface area contributed by atoms with E-state index in [1.54, 1.807) is 6.07 Å². The molecule has 0 aliphatic rings. The molecule has 0 atom stereocenters. The molecule has 0 aliphatic heterocycles. The van der Waals surface area contributed by atoms with Crippen molar-refractivity contribution < 1.29 is 9.18 Å². The number of amides is 1. The molecule has 2 aromatic carbocycles. The Hall–Kier alpha value is -1.49. The van der Waals surface area contributed by atoms with E-state index in [-0.39, 0.29) is 12.2 Å². The van der Waals surface area contributed by atoms with Crippen molar-refractivity contribution in [2.45, 2.75) is 0 Å². The standard InChI is InChI=1S/C14H10Cl3FN2O/c15-8-5-9(16)14(10(17)6-8)19-7-13(21)20-12-4-2-1-3-11(12)18/h1-6,19H,7H2,(H,20,21). The maximum atomic E-state index is 13.4. The summed E-state index contributed by atoms with van der Waals surface area (Å²) in [4.78, 5) is 11.8. The number of para-hydroxylation sites is 1. The molecule has 2 aromatic rings. The average Bonchev–Trinajstić information content (AvgIpc) is 2.40. The van der Waals surface area contributed by atoms with Gasteiger partial charge in [-0.15, -0.1) is 0 Å². The summed E-state index contributed by atoms with van der Waals surface area (Å²) in [5.74, 6) is -0.935. The molecule has 2 rings (SSSR count). The second-order valence-electron chi connectivity index (χ2n) is 4.13. The van der Waals surface area contributed by atoms with Gasteiger partial charge in [-0.25, -0.2) is 4.39 Å². The molecule has 0 heterocycles. The number of nitrogens with one attached hydrogen (secondary N) is 2. The van der Waals surface area contributed by atoms with Gasteiger partial charge in [-0.1, -0.05) is 46.9 Å². The van der Waals surface area contributed by atoms with E-state index in [2.05, 4.69) is 10.6 Å². The summed E-state index contributed by atoms with van der Waals surface area (Å²) >= 11 is 17.8. The zero-order valence-electron chi connectivity index (χ0n) is 10.6. The van der Waals surface area contributed by atoms with Crippen LogP contribution in [-0.2, 0) is 4.79 Å². The lowest BCUT2D eigenvalue weighted by Crippen LogP contribution is -2.22. The number of carbonyl (C=O) groups is 1. The third-order valence-electron chi connectivity index (χ3n) is 2.58. The summed E-state index contributed by atoms with van der Waals surface area (Å²) in [6, 6.07) is 8.90. The fraction of sp³-hybridized carbons (Fsp3) is 0.0714. The van der Waals surface area contributed by atoms with E-state index in [1.165, 1.54) is 30.3 Å². The summed E-state index contributed by atoms with van der Waals surface area (Å²) < 4.78 is 13.4. The van der Waals surface area contributed by atoms with E-state index in [4.69, 9.17) is 34.8 Å². The Balaban J connectivity index is 2.01. The first-order valence-corrected chi connectivity index (χ1v) is 7.03. The Bertz CT molecular complexity index is 656. The van der Waals surface area contributed by atoms with Gasteiger partial charge in [0.25, 0.3) is 0 Å². The molecule has 0 radical (unpaired) electrons. The van der Waals surface area contributed by atoms with E-state index in [0.717, 1.165) is 0 Å². The molecule has 3 nitrogen and oxygen atoms in total. The molecule has 0 bridgehead atoms. The summed E-state index contributed by atoms with van der Waals surface area (Å²) in [5.41, 5.74) is 0.504. The summed E-state index contributed by atoms with van der Waals surface area (Å²) in [5, 5.41) is 6.22. The molecular weight excluding hydrogens is 338 g/mol. The van der Waals surface area contributed by atoms with E-state index in [0.29, 0.717) is 20.8 Å². The van der Waals surface area contributed by atoms with Gasteiger partial charge < -0.3 is 10.6 Å². The molecule has 0 aromatic heterocycles. The number of rotatable bonds is 4. The van der Waals surface area contributed by atoms with Crippen molar-refractivity contribution in [2.75, 3.05) is 17.2 Å². The predicted molar refractivity (Wildman–Crippen MR) is 85.0 cm³/mol. The fourth-order valence-electron chi connectivity index (χ4n) is 1.64. The third-order valence-corrected chi connectivity index (χ3v) is 3.39. The lowest BCUT2D eigenvalue weighted by atomic mass is 10.3. The molecule has 1 amide bonds. The molecule has 0 aliphatic carbocycles. The minimum atomic E-state index is -0.506. The van der Waals surface area contributed by atoms with Crippen LogP contribution in [0.15, 0.2) is 36.4 Å². The summed E-state index contributed by atoms with van der Waals surface area (Å²) in [6.07, 6.45) is 0. The minimum absolute atomic E-state index is 0.109. The SMILES string of the molecule is O=C(CNc1c(Cl)cc(Cl)cc1Cl)Nc1ccccc1F. The van der Waals surface area contributed by atoms with Crippen LogP contribution in [0.1, 0.15) is 0 Å². The number of carbonyl (C=O) groups excluding carboxylic acids is 1. The maximum Gasteiger partial charge on any atom is 0.243 e. The van der Waals surface area contributed by atoms with Gasteiger partial charge in [-0.3, -0.25) is 4.79 Å². The van der Waals surface area contributed by atoms with Gasteiger partial charge in [0, 0.05) is 5.02 Å². The van der Waals surface area contributed by atoms with E-state index in [9.17, 15) is 9.18 Å².